The lowest BCUT2D eigenvalue weighted by Gasteiger charge is -2.14. The highest BCUT2D eigenvalue weighted by molar-refractivity contribution is 5.83. The number of pyridine rings is 1. The number of carbonyl (C=O) groups excluding carboxylic acids is 1. The molecule has 1 aliphatic rings. The molecule has 0 spiro atoms. The molecule has 126 valence electrons. The van der Waals surface area contributed by atoms with Gasteiger partial charge in [0.25, 0.3) is 0 Å². The van der Waals surface area contributed by atoms with Gasteiger partial charge in [0.1, 0.15) is 5.75 Å². The molecule has 25 heavy (non-hydrogen) atoms. The molecule has 3 aromatic rings. The van der Waals surface area contributed by atoms with Gasteiger partial charge in [-0.1, -0.05) is 36.4 Å². The van der Waals surface area contributed by atoms with Crippen LogP contribution in [0.3, 0.4) is 0 Å². The Morgan fingerprint density at radius 1 is 1.12 bits per heavy atom. The highest BCUT2D eigenvalue weighted by atomic mass is 16.5. The Morgan fingerprint density at radius 3 is 2.92 bits per heavy atom. The summed E-state index contributed by atoms with van der Waals surface area (Å²) < 4.78 is 5.76. The quantitative estimate of drug-likeness (QED) is 0.799. The summed E-state index contributed by atoms with van der Waals surface area (Å²) in [5.74, 6) is 0.927. The first-order valence-electron chi connectivity index (χ1n) is 8.62. The zero-order valence-corrected chi connectivity index (χ0v) is 13.9. The van der Waals surface area contributed by atoms with Crippen molar-refractivity contribution in [1.82, 2.24) is 10.3 Å². The molecule has 4 nitrogen and oxygen atoms in total. The van der Waals surface area contributed by atoms with Gasteiger partial charge in [-0.3, -0.25) is 9.78 Å². The van der Waals surface area contributed by atoms with Gasteiger partial charge in [0, 0.05) is 24.0 Å². The van der Waals surface area contributed by atoms with E-state index in [1.54, 1.807) is 6.20 Å². The zero-order valence-electron chi connectivity index (χ0n) is 13.9. The fraction of sp³-hybridized carbons (Fsp3) is 0.238. The van der Waals surface area contributed by atoms with Crippen LogP contribution < -0.4 is 10.1 Å². The number of nitrogens with one attached hydrogen (secondary N) is 1. The zero-order chi connectivity index (χ0) is 17.1. The van der Waals surface area contributed by atoms with Gasteiger partial charge in [-0.15, -0.1) is 0 Å². The second-order valence-corrected chi connectivity index (χ2v) is 6.35. The number of hydrogen-bond acceptors (Lipinski definition) is 3. The smallest absolute Gasteiger partial charge is 0.223 e. The van der Waals surface area contributed by atoms with E-state index in [9.17, 15) is 4.79 Å². The minimum absolute atomic E-state index is 0.0586. The molecule has 1 aromatic heterocycles. The molecule has 2 aromatic carbocycles. The summed E-state index contributed by atoms with van der Waals surface area (Å²) in [6.07, 6.45) is 3.25. The van der Waals surface area contributed by atoms with Gasteiger partial charge in [-0.25, -0.2) is 0 Å². The Hall–Kier alpha value is -2.88. The summed E-state index contributed by atoms with van der Waals surface area (Å²) in [5.41, 5.74) is 3.14. The van der Waals surface area contributed by atoms with Crippen LogP contribution >= 0.6 is 0 Å². The molecule has 4 heteroatoms. The Bertz CT molecular complexity index is 902. The second-order valence-electron chi connectivity index (χ2n) is 6.35. The maximum Gasteiger partial charge on any atom is 0.223 e. The van der Waals surface area contributed by atoms with Crippen molar-refractivity contribution in [2.75, 3.05) is 6.61 Å². The number of benzene rings is 2. The van der Waals surface area contributed by atoms with Crippen LogP contribution in [0.2, 0.25) is 0 Å². The lowest BCUT2D eigenvalue weighted by molar-refractivity contribution is -0.125. The monoisotopic (exact) mass is 332 g/mol. The van der Waals surface area contributed by atoms with Gasteiger partial charge < -0.3 is 10.1 Å². The summed E-state index contributed by atoms with van der Waals surface area (Å²) >= 11 is 0. The topological polar surface area (TPSA) is 51.2 Å². The van der Waals surface area contributed by atoms with Crippen LogP contribution in [-0.2, 0) is 17.8 Å². The van der Waals surface area contributed by atoms with Crippen LogP contribution in [0.25, 0.3) is 10.9 Å². The van der Waals surface area contributed by atoms with Crippen molar-refractivity contribution in [3.8, 4) is 5.75 Å². The van der Waals surface area contributed by atoms with Crippen molar-refractivity contribution in [3.63, 3.8) is 0 Å². The van der Waals surface area contributed by atoms with Crippen molar-refractivity contribution in [3.05, 3.63) is 71.9 Å². The maximum absolute atomic E-state index is 12.7. The third kappa shape index (κ3) is 3.33. The summed E-state index contributed by atoms with van der Waals surface area (Å²) in [5, 5.41) is 4.18. The standard InChI is InChI=1S/C21H20N2O2/c24-21(16-10-12-25-20-8-4-1-5-15(20)13-16)23-14-17-9-11-22-19-7-3-2-6-18(17)19/h1-9,11,16H,10,12-14H2,(H,23,24). The van der Waals surface area contributed by atoms with Crippen LogP contribution in [0.4, 0.5) is 0 Å². The van der Waals surface area contributed by atoms with Crippen molar-refractivity contribution >= 4 is 16.8 Å². The van der Waals surface area contributed by atoms with Crippen molar-refractivity contribution in [2.45, 2.75) is 19.4 Å². The summed E-state index contributed by atoms with van der Waals surface area (Å²) in [7, 11) is 0. The van der Waals surface area contributed by atoms with E-state index in [0.29, 0.717) is 13.2 Å². The number of fused-ring (bicyclic) bond motifs is 2. The van der Waals surface area contributed by atoms with Crippen molar-refractivity contribution < 1.29 is 9.53 Å². The number of aromatic nitrogens is 1. The molecule has 1 atom stereocenters. The Morgan fingerprint density at radius 2 is 1.96 bits per heavy atom. The summed E-state index contributed by atoms with van der Waals surface area (Å²) in [6, 6.07) is 17.9. The lowest BCUT2D eigenvalue weighted by Crippen LogP contribution is -2.31. The number of amides is 1. The van der Waals surface area contributed by atoms with Crippen LogP contribution in [0.1, 0.15) is 17.5 Å². The molecule has 0 fully saturated rings. The normalized spacial score (nSPS) is 16.6. The van der Waals surface area contributed by atoms with Gasteiger partial charge in [0.05, 0.1) is 12.1 Å². The first-order valence-corrected chi connectivity index (χ1v) is 8.62. The molecular formula is C21H20N2O2. The molecule has 1 unspecified atom stereocenters. The van der Waals surface area contributed by atoms with E-state index in [2.05, 4.69) is 10.3 Å². The Labute approximate surface area is 146 Å². The third-order valence-electron chi connectivity index (χ3n) is 4.73. The molecule has 0 radical (unpaired) electrons. The lowest BCUT2D eigenvalue weighted by atomic mass is 9.96. The molecule has 1 N–H and O–H groups in total. The average molecular weight is 332 g/mol. The van der Waals surface area contributed by atoms with Crippen LogP contribution in [0.15, 0.2) is 60.8 Å². The summed E-state index contributed by atoms with van der Waals surface area (Å²) in [6.45, 7) is 1.09. The largest absolute Gasteiger partial charge is 0.493 e. The predicted octanol–water partition coefficient (Wildman–Crippen LogP) is 3.49. The van der Waals surface area contributed by atoms with Gasteiger partial charge in [0.2, 0.25) is 5.91 Å². The minimum atomic E-state index is -0.0586. The van der Waals surface area contributed by atoms with E-state index < -0.39 is 0 Å². The maximum atomic E-state index is 12.7. The van der Waals surface area contributed by atoms with Crippen LogP contribution in [0.5, 0.6) is 5.75 Å². The first kappa shape index (κ1) is 15.6. The van der Waals surface area contributed by atoms with Gasteiger partial charge in [0.15, 0.2) is 0 Å². The molecule has 4 rings (SSSR count). The number of nitrogens with zero attached hydrogens (tertiary/aromatic N) is 1. The number of carbonyl (C=O) groups is 1. The van der Waals surface area contributed by atoms with E-state index >= 15 is 0 Å². The molecule has 0 saturated carbocycles. The minimum Gasteiger partial charge on any atom is -0.493 e. The van der Waals surface area contributed by atoms with Crippen molar-refractivity contribution in [2.24, 2.45) is 5.92 Å². The van der Waals surface area contributed by atoms with E-state index in [1.165, 1.54) is 0 Å². The fourth-order valence-electron chi connectivity index (χ4n) is 3.35. The Balaban J connectivity index is 1.47. The molecule has 1 aliphatic heterocycles. The van der Waals surface area contributed by atoms with E-state index in [4.69, 9.17) is 4.74 Å². The average Bonchev–Trinajstić information content (AvgIpc) is 2.88. The van der Waals surface area contributed by atoms with Crippen LogP contribution in [-0.4, -0.2) is 17.5 Å². The highest BCUT2D eigenvalue weighted by Crippen LogP contribution is 2.26. The third-order valence-corrected chi connectivity index (χ3v) is 4.73. The molecule has 0 bridgehead atoms. The van der Waals surface area contributed by atoms with Crippen molar-refractivity contribution in [1.29, 1.82) is 0 Å². The van der Waals surface area contributed by atoms with E-state index in [0.717, 1.165) is 40.6 Å². The SMILES string of the molecule is O=C(NCc1ccnc2ccccc12)C1CCOc2ccccc2C1. The van der Waals surface area contributed by atoms with E-state index in [1.807, 2.05) is 54.6 Å². The molecule has 1 amide bonds. The van der Waals surface area contributed by atoms with Gasteiger partial charge in [-0.2, -0.15) is 0 Å². The van der Waals surface area contributed by atoms with Gasteiger partial charge >= 0.3 is 0 Å². The number of ether oxygens (including phenoxy) is 1. The molecule has 2 heterocycles. The molecule has 0 aliphatic carbocycles. The number of para-hydroxylation sites is 2. The predicted molar refractivity (Wildman–Crippen MR) is 97.3 cm³/mol. The number of rotatable bonds is 3. The van der Waals surface area contributed by atoms with Gasteiger partial charge in [-0.05, 0) is 42.2 Å². The second kappa shape index (κ2) is 6.93. The van der Waals surface area contributed by atoms with Crippen LogP contribution in [0, 0.1) is 5.92 Å². The first-order chi connectivity index (χ1) is 12.3. The Kier molecular flexibility index (Phi) is 4.34. The molecule has 0 saturated heterocycles. The van der Waals surface area contributed by atoms with E-state index in [-0.39, 0.29) is 11.8 Å². The fourth-order valence-corrected chi connectivity index (χ4v) is 3.35. The molecular weight excluding hydrogens is 312 g/mol. The highest BCUT2D eigenvalue weighted by Gasteiger charge is 2.23. The number of hydrogen-bond donors (Lipinski definition) is 1. The summed E-state index contributed by atoms with van der Waals surface area (Å²) in [4.78, 5) is 17.1.